The predicted octanol–water partition coefficient (Wildman–Crippen LogP) is 3.91. The van der Waals surface area contributed by atoms with Crippen LogP contribution in [0.15, 0.2) is 18.2 Å². The summed E-state index contributed by atoms with van der Waals surface area (Å²) in [5.41, 5.74) is 4.42. The maximum atomic E-state index is 3.75. The van der Waals surface area contributed by atoms with Crippen LogP contribution in [0.2, 0.25) is 0 Å². The van der Waals surface area contributed by atoms with Gasteiger partial charge in [-0.3, -0.25) is 0 Å². The summed E-state index contributed by atoms with van der Waals surface area (Å²) in [5, 5.41) is 3.75. The average molecular weight is 274 g/mol. The molecular weight excluding hydrogens is 244 g/mol. The fourth-order valence-corrected chi connectivity index (χ4v) is 3.18. The fourth-order valence-electron chi connectivity index (χ4n) is 3.18. The van der Waals surface area contributed by atoms with Gasteiger partial charge in [0.15, 0.2) is 0 Å². The molecule has 2 heteroatoms. The van der Waals surface area contributed by atoms with E-state index in [0.29, 0.717) is 17.5 Å². The molecule has 2 nitrogen and oxygen atoms in total. The van der Waals surface area contributed by atoms with Crippen molar-refractivity contribution in [2.45, 2.75) is 60.0 Å². The standard InChI is InChI=1S/C18H30N2/c1-7-15-11-19-17(18(4,5)6)12-20(15)16-9-13(2)8-14(3)10-16/h8-10,15,17,19H,7,11-12H2,1-6H3. The van der Waals surface area contributed by atoms with Gasteiger partial charge in [0, 0.05) is 30.9 Å². The van der Waals surface area contributed by atoms with Gasteiger partial charge in [-0.05, 0) is 48.9 Å². The molecule has 0 aromatic heterocycles. The molecule has 0 spiro atoms. The van der Waals surface area contributed by atoms with E-state index in [1.54, 1.807) is 0 Å². The molecular formula is C18H30N2. The maximum absolute atomic E-state index is 3.75. The van der Waals surface area contributed by atoms with Crippen LogP contribution in [-0.2, 0) is 0 Å². The Kier molecular flexibility index (Phi) is 4.43. The van der Waals surface area contributed by atoms with Crippen LogP contribution in [0, 0.1) is 19.3 Å². The minimum absolute atomic E-state index is 0.301. The van der Waals surface area contributed by atoms with Crippen molar-refractivity contribution in [3.8, 4) is 0 Å². The Hall–Kier alpha value is -1.02. The minimum atomic E-state index is 0.301. The Morgan fingerprint density at radius 1 is 1.15 bits per heavy atom. The number of aryl methyl sites for hydroxylation is 2. The summed E-state index contributed by atoms with van der Waals surface area (Å²) >= 11 is 0. The van der Waals surface area contributed by atoms with Gasteiger partial charge in [-0.15, -0.1) is 0 Å². The molecule has 1 fully saturated rings. The third-order valence-electron chi connectivity index (χ3n) is 4.47. The second-order valence-corrected chi connectivity index (χ2v) is 7.39. The first-order valence-electron chi connectivity index (χ1n) is 7.89. The molecule has 1 heterocycles. The van der Waals surface area contributed by atoms with Crippen LogP contribution < -0.4 is 10.2 Å². The highest BCUT2D eigenvalue weighted by atomic mass is 15.2. The van der Waals surface area contributed by atoms with E-state index >= 15 is 0 Å². The number of piperazine rings is 1. The quantitative estimate of drug-likeness (QED) is 0.879. The van der Waals surface area contributed by atoms with Crippen LogP contribution in [0.4, 0.5) is 5.69 Å². The highest BCUT2D eigenvalue weighted by Crippen LogP contribution is 2.29. The molecule has 0 radical (unpaired) electrons. The number of benzene rings is 1. The molecule has 1 N–H and O–H groups in total. The monoisotopic (exact) mass is 274 g/mol. The van der Waals surface area contributed by atoms with Gasteiger partial charge in [0.1, 0.15) is 0 Å². The third kappa shape index (κ3) is 3.35. The van der Waals surface area contributed by atoms with E-state index in [0.717, 1.165) is 13.1 Å². The zero-order valence-electron chi connectivity index (χ0n) is 14.0. The molecule has 2 unspecified atom stereocenters. The summed E-state index contributed by atoms with van der Waals surface area (Å²) in [4.78, 5) is 2.62. The van der Waals surface area contributed by atoms with Gasteiger partial charge in [0.2, 0.25) is 0 Å². The number of hydrogen-bond acceptors (Lipinski definition) is 2. The third-order valence-corrected chi connectivity index (χ3v) is 4.47. The van der Waals surface area contributed by atoms with Crippen LogP contribution >= 0.6 is 0 Å². The van der Waals surface area contributed by atoms with Gasteiger partial charge < -0.3 is 10.2 Å². The predicted molar refractivity (Wildman–Crippen MR) is 88.6 cm³/mol. The molecule has 2 rings (SSSR count). The van der Waals surface area contributed by atoms with Crippen LogP contribution in [0.3, 0.4) is 0 Å². The van der Waals surface area contributed by atoms with Gasteiger partial charge in [-0.25, -0.2) is 0 Å². The summed E-state index contributed by atoms with van der Waals surface area (Å²) in [6.45, 7) is 15.9. The van der Waals surface area contributed by atoms with Crippen molar-refractivity contribution in [3.63, 3.8) is 0 Å². The number of anilines is 1. The zero-order valence-corrected chi connectivity index (χ0v) is 14.0. The van der Waals surface area contributed by atoms with E-state index in [4.69, 9.17) is 0 Å². The number of rotatable bonds is 2. The lowest BCUT2D eigenvalue weighted by Gasteiger charge is -2.46. The van der Waals surface area contributed by atoms with Crippen LogP contribution in [0.1, 0.15) is 45.2 Å². The molecule has 2 atom stereocenters. The normalized spacial score (nSPS) is 24.0. The Bertz CT molecular complexity index is 439. The lowest BCUT2D eigenvalue weighted by atomic mass is 9.84. The number of hydrogen-bond donors (Lipinski definition) is 1. The van der Waals surface area contributed by atoms with E-state index in [2.05, 4.69) is 70.0 Å². The number of nitrogens with one attached hydrogen (secondary N) is 1. The molecule has 0 saturated carbocycles. The maximum Gasteiger partial charge on any atom is 0.0412 e. The van der Waals surface area contributed by atoms with E-state index in [1.807, 2.05) is 0 Å². The molecule has 0 bridgehead atoms. The van der Waals surface area contributed by atoms with Gasteiger partial charge in [-0.2, -0.15) is 0 Å². The van der Waals surface area contributed by atoms with E-state index in [-0.39, 0.29) is 0 Å². The fraction of sp³-hybridized carbons (Fsp3) is 0.667. The summed E-state index contributed by atoms with van der Waals surface area (Å²) < 4.78 is 0. The summed E-state index contributed by atoms with van der Waals surface area (Å²) in [6.07, 6.45) is 1.19. The second kappa shape index (κ2) is 5.77. The average Bonchev–Trinajstić information content (AvgIpc) is 2.35. The zero-order chi connectivity index (χ0) is 14.9. The first-order chi connectivity index (χ1) is 9.31. The molecule has 1 aromatic carbocycles. The Labute approximate surface area is 124 Å². The second-order valence-electron chi connectivity index (χ2n) is 7.39. The summed E-state index contributed by atoms with van der Waals surface area (Å²) in [6, 6.07) is 8.08. The van der Waals surface area contributed by atoms with Crippen molar-refractivity contribution in [1.82, 2.24) is 5.32 Å². The molecule has 20 heavy (non-hydrogen) atoms. The van der Waals surface area contributed by atoms with Crippen molar-refractivity contribution in [1.29, 1.82) is 0 Å². The summed E-state index contributed by atoms with van der Waals surface area (Å²) in [5.74, 6) is 0. The van der Waals surface area contributed by atoms with Crippen LogP contribution in [-0.4, -0.2) is 25.2 Å². The molecule has 112 valence electrons. The molecule has 1 saturated heterocycles. The van der Waals surface area contributed by atoms with Crippen molar-refractivity contribution < 1.29 is 0 Å². The van der Waals surface area contributed by atoms with Gasteiger partial charge in [0.25, 0.3) is 0 Å². The van der Waals surface area contributed by atoms with Gasteiger partial charge in [-0.1, -0.05) is 33.8 Å². The largest absolute Gasteiger partial charge is 0.366 e. The van der Waals surface area contributed by atoms with Crippen LogP contribution in [0.25, 0.3) is 0 Å². The van der Waals surface area contributed by atoms with Gasteiger partial charge >= 0.3 is 0 Å². The lowest BCUT2D eigenvalue weighted by Crippen LogP contribution is -2.60. The van der Waals surface area contributed by atoms with Crippen LogP contribution in [0.5, 0.6) is 0 Å². The van der Waals surface area contributed by atoms with E-state index in [9.17, 15) is 0 Å². The molecule has 1 aliphatic rings. The highest BCUT2D eigenvalue weighted by Gasteiger charge is 2.33. The van der Waals surface area contributed by atoms with Crippen molar-refractivity contribution in [3.05, 3.63) is 29.3 Å². The smallest absolute Gasteiger partial charge is 0.0412 e. The van der Waals surface area contributed by atoms with Crippen molar-refractivity contribution in [2.24, 2.45) is 5.41 Å². The van der Waals surface area contributed by atoms with Crippen molar-refractivity contribution in [2.75, 3.05) is 18.0 Å². The Morgan fingerprint density at radius 2 is 1.75 bits per heavy atom. The molecule has 0 amide bonds. The summed E-state index contributed by atoms with van der Waals surface area (Å²) in [7, 11) is 0. The van der Waals surface area contributed by atoms with E-state index < -0.39 is 0 Å². The van der Waals surface area contributed by atoms with Gasteiger partial charge in [0.05, 0.1) is 0 Å². The molecule has 0 aliphatic carbocycles. The molecule has 1 aliphatic heterocycles. The Balaban J connectivity index is 2.29. The highest BCUT2D eigenvalue weighted by molar-refractivity contribution is 5.52. The number of nitrogens with zero attached hydrogens (tertiary/aromatic N) is 1. The van der Waals surface area contributed by atoms with Crippen molar-refractivity contribution >= 4 is 5.69 Å². The van der Waals surface area contributed by atoms with E-state index in [1.165, 1.54) is 23.2 Å². The lowest BCUT2D eigenvalue weighted by molar-refractivity contribution is 0.233. The Morgan fingerprint density at radius 3 is 2.25 bits per heavy atom. The topological polar surface area (TPSA) is 15.3 Å². The SMILES string of the molecule is CCC1CNC(C(C)(C)C)CN1c1cc(C)cc(C)c1. The minimum Gasteiger partial charge on any atom is -0.366 e. The first-order valence-corrected chi connectivity index (χ1v) is 7.89. The molecule has 1 aromatic rings. The first kappa shape index (κ1) is 15.4.